The predicted molar refractivity (Wildman–Crippen MR) is 65.0 cm³/mol. The van der Waals surface area contributed by atoms with Gasteiger partial charge >= 0.3 is 0 Å². The van der Waals surface area contributed by atoms with Crippen molar-refractivity contribution < 1.29 is 9.90 Å². The quantitative estimate of drug-likeness (QED) is 0.567. The minimum absolute atomic E-state index is 0.250. The van der Waals surface area contributed by atoms with Gasteiger partial charge in [0.2, 0.25) is 0 Å². The second-order valence-corrected chi connectivity index (χ2v) is 3.09. The molecule has 0 amide bonds. The summed E-state index contributed by atoms with van der Waals surface area (Å²) >= 11 is 0. The number of hydrogen-bond donors (Lipinski definition) is 2. The smallest absolute Gasteiger partial charge is 0.290 e. The van der Waals surface area contributed by atoms with Crippen molar-refractivity contribution in [2.75, 3.05) is 5.73 Å². The largest absolute Gasteiger partial charge is 0.483 e. The zero-order valence-corrected chi connectivity index (χ0v) is 8.71. The predicted octanol–water partition coefficient (Wildman–Crippen LogP) is 2.64. The van der Waals surface area contributed by atoms with Gasteiger partial charge in [0.15, 0.2) is 0 Å². The molecule has 2 aromatic rings. The number of hydrogen-bond acceptors (Lipinski definition) is 2. The van der Waals surface area contributed by atoms with Gasteiger partial charge < -0.3 is 10.8 Å². The Morgan fingerprint density at radius 3 is 1.81 bits per heavy atom. The molecule has 3 heteroatoms. The van der Waals surface area contributed by atoms with Crippen molar-refractivity contribution in [3.8, 4) is 11.1 Å². The van der Waals surface area contributed by atoms with Crippen LogP contribution in [0.3, 0.4) is 0 Å². The van der Waals surface area contributed by atoms with Crippen LogP contribution in [0.2, 0.25) is 0 Å². The summed E-state index contributed by atoms with van der Waals surface area (Å²) in [6, 6.07) is 18.2. The monoisotopic (exact) mass is 215 g/mol. The molecule has 0 saturated heterocycles. The first kappa shape index (κ1) is 11.8. The van der Waals surface area contributed by atoms with E-state index < -0.39 is 0 Å². The topological polar surface area (TPSA) is 63.3 Å². The minimum Gasteiger partial charge on any atom is -0.483 e. The molecule has 0 aliphatic carbocycles. The first-order valence-electron chi connectivity index (χ1n) is 4.76. The Balaban J connectivity index is 0.000000386. The Labute approximate surface area is 94.2 Å². The van der Waals surface area contributed by atoms with Gasteiger partial charge in [0, 0.05) is 5.69 Å². The summed E-state index contributed by atoms with van der Waals surface area (Å²) in [6.07, 6.45) is 0. The van der Waals surface area contributed by atoms with Crippen LogP contribution in [0.1, 0.15) is 0 Å². The van der Waals surface area contributed by atoms with Crippen LogP contribution in [0.5, 0.6) is 0 Å². The molecule has 0 spiro atoms. The van der Waals surface area contributed by atoms with E-state index >= 15 is 0 Å². The third-order valence-corrected chi connectivity index (χ3v) is 2.02. The summed E-state index contributed by atoms with van der Waals surface area (Å²) in [6.45, 7) is -0.250. The zero-order valence-electron chi connectivity index (χ0n) is 8.71. The lowest BCUT2D eigenvalue weighted by Crippen LogP contribution is -1.83. The van der Waals surface area contributed by atoms with Crippen LogP contribution >= 0.6 is 0 Å². The van der Waals surface area contributed by atoms with Crippen molar-refractivity contribution in [3.63, 3.8) is 0 Å². The molecule has 3 nitrogen and oxygen atoms in total. The molecular weight excluding hydrogens is 202 g/mol. The number of carboxylic acid groups (broad SMARTS) is 1. The number of anilines is 1. The van der Waals surface area contributed by atoms with Crippen molar-refractivity contribution in [2.45, 2.75) is 0 Å². The van der Waals surface area contributed by atoms with Crippen LogP contribution in [-0.2, 0) is 4.79 Å². The summed E-state index contributed by atoms with van der Waals surface area (Å²) in [5, 5.41) is 6.89. The highest BCUT2D eigenvalue weighted by Crippen LogP contribution is 2.19. The Morgan fingerprint density at radius 2 is 1.31 bits per heavy atom. The molecule has 16 heavy (non-hydrogen) atoms. The van der Waals surface area contributed by atoms with Gasteiger partial charge in [-0.05, 0) is 23.3 Å². The van der Waals surface area contributed by atoms with E-state index in [0.29, 0.717) is 0 Å². The molecule has 0 aliphatic rings. The van der Waals surface area contributed by atoms with Gasteiger partial charge in [0.1, 0.15) is 0 Å². The number of benzene rings is 2. The molecule has 0 unspecified atom stereocenters. The van der Waals surface area contributed by atoms with E-state index in [2.05, 4.69) is 12.1 Å². The van der Waals surface area contributed by atoms with E-state index in [4.69, 9.17) is 15.6 Å². The Morgan fingerprint density at radius 1 is 0.875 bits per heavy atom. The van der Waals surface area contributed by atoms with E-state index in [1.807, 2.05) is 42.5 Å². The number of nitrogens with two attached hydrogens (primary N) is 1. The van der Waals surface area contributed by atoms with Gasteiger partial charge in [-0.1, -0.05) is 42.5 Å². The number of carbonyl (C=O) groups is 1. The number of rotatable bonds is 1. The van der Waals surface area contributed by atoms with Gasteiger partial charge in [-0.2, -0.15) is 0 Å². The van der Waals surface area contributed by atoms with Crippen LogP contribution in [0.25, 0.3) is 11.1 Å². The molecule has 0 atom stereocenters. The summed E-state index contributed by atoms with van der Waals surface area (Å²) in [7, 11) is 0. The Kier molecular flexibility index (Phi) is 4.60. The molecule has 0 saturated carbocycles. The van der Waals surface area contributed by atoms with Gasteiger partial charge in [-0.25, -0.2) is 0 Å². The minimum atomic E-state index is -0.250. The second-order valence-electron chi connectivity index (χ2n) is 3.09. The van der Waals surface area contributed by atoms with Crippen molar-refractivity contribution >= 4 is 12.2 Å². The van der Waals surface area contributed by atoms with Crippen LogP contribution < -0.4 is 5.73 Å². The summed E-state index contributed by atoms with van der Waals surface area (Å²) < 4.78 is 0. The molecule has 0 heterocycles. The first-order chi connectivity index (χ1) is 7.77. The molecular formula is C13H13NO2. The standard InChI is InChI=1S/C12H11N.CH2O2/c13-12-8-6-11(7-9-12)10-4-2-1-3-5-10;2-1-3/h1-9H,13H2;1H,(H,2,3). The van der Waals surface area contributed by atoms with Crippen LogP contribution in [0.4, 0.5) is 5.69 Å². The fourth-order valence-corrected chi connectivity index (χ4v) is 1.31. The van der Waals surface area contributed by atoms with Gasteiger partial charge in [0.25, 0.3) is 6.47 Å². The SMILES string of the molecule is Nc1ccc(-c2ccccc2)cc1.O=CO. The maximum Gasteiger partial charge on any atom is 0.290 e. The van der Waals surface area contributed by atoms with Gasteiger partial charge in [-0.3, -0.25) is 4.79 Å². The van der Waals surface area contributed by atoms with Crippen LogP contribution in [-0.4, -0.2) is 11.6 Å². The molecule has 0 aromatic heterocycles. The van der Waals surface area contributed by atoms with E-state index in [0.717, 1.165) is 5.69 Å². The van der Waals surface area contributed by atoms with Crippen molar-refractivity contribution in [3.05, 3.63) is 54.6 Å². The average Bonchev–Trinajstić information content (AvgIpc) is 2.32. The fraction of sp³-hybridized carbons (Fsp3) is 0. The van der Waals surface area contributed by atoms with E-state index in [-0.39, 0.29) is 6.47 Å². The van der Waals surface area contributed by atoms with Crippen molar-refractivity contribution in [1.29, 1.82) is 0 Å². The lowest BCUT2D eigenvalue weighted by atomic mass is 10.1. The molecule has 82 valence electrons. The third-order valence-electron chi connectivity index (χ3n) is 2.02. The highest BCUT2D eigenvalue weighted by molar-refractivity contribution is 5.65. The molecule has 0 bridgehead atoms. The van der Waals surface area contributed by atoms with E-state index in [9.17, 15) is 0 Å². The highest BCUT2D eigenvalue weighted by atomic mass is 16.3. The summed E-state index contributed by atoms with van der Waals surface area (Å²) in [4.78, 5) is 8.36. The van der Waals surface area contributed by atoms with E-state index in [1.54, 1.807) is 0 Å². The zero-order chi connectivity index (χ0) is 11.8. The van der Waals surface area contributed by atoms with E-state index in [1.165, 1.54) is 11.1 Å². The van der Waals surface area contributed by atoms with Crippen LogP contribution in [0.15, 0.2) is 54.6 Å². The highest BCUT2D eigenvalue weighted by Gasteiger charge is 1.94. The third kappa shape index (κ3) is 3.46. The molecule has 0 radical (unpaired) electrons. The van der Waals surface area contributed by atoms with Gasteiger partial charge in [0.05, 0.1) is 0 Å². The van der Waals surface area contributed by atoms with Crippen LogP contribution in [0, 0.1) is 0 Å². The summed E-state index contributed by atoms with van der Waals surface area (Å²) in [5.74, 6) is 0. The average molecular weight is 215 g/mol. The second kappa shape index (κ2) is 6.24. The summed E-state index contributed by atoms with van der Waals surface area (Å²) in [5.41, 5.74) is 8.84. The van der Waals surface area contributed by atoms with Gasteiger partial charge in [-0.15, -0.1) is 0 Å². The van der Waals surface area contributed by atoms with Crippen molar-refractivity contribution in [1.82, 2.24) is 0 Å². The number of nitrogen functional groups attached to an aromatic ring is 1. The maximum absolute atomic E-state index is 8.36. The fourth-order valence-electron chi connectivity index (χ4n) is 1.31. The molecule has 3 N–H and O–H groups in total. The lowest BCUT2D eigenvalue weighted by Gasteiger charge is -2.00. The normalized spacial score (nSPS) is 8.75. The Hall–Kier alpha value is -2.29. The first-order valence-corrected chi connectivity index (χ1v) is 4.76. The molecule has 0 fully saturated rings. The lowest BCUT2D eigenvalue weighted by molar-refractivity contribution is -0.122. The molecule has 2 rings (SSSR count). The Bertz CT molecular complexity index is 423. The maximum atomic E-state index is 8.36. The van der Waals surface area contributed by atoms with Crippen molar-refractivity contribution in [2.24, 2.45) is 0 Å². The molecule has 0 aliphatic heterocycles. The molecule has 2 aromatic carbocycles.